The molecule has 4 heterocycles. The summed E-state index contributed by atoms with van der Waals surface area (Å²) in [6.07, 6.45) is 7.22. The molecular weight excluding hydrogens is 386 g/mol. The number of aryl methyl sites for hydroxylation is 1. The van der Waals surface area contributed by atoms with E-state index in [4.69, 9.17) is 10.2 Å². The van der Waals surface area contributed by atoms with Crippen LogP contribution in [0, 0.1) is 18.3 Å². The number of hydrogen-bond donors (Lipinski definition) is 1. The first-order chi connectivity index (χ1) is 14.8. The molecule has 5 rings (SSSR count). The number of H-pyrrole nitrogens is 1. The summed E-state index contributed by atoms with van der Waals surface area (Å²) in [4.78, 5) is 21.4. The van der Waals surface area contributed by atoms with Gasteiger partial charge in [-0.15, -0.1) is 0 Å². The highest BCUT2D eigenvalue weighted by Gasteiger charge is 2.18. The van der Waals surface area contributed by atoms with Crippen LogP contribution in [0.5, 0.6) is 0 Å². The highest BCUT2D eigenvalue weighted by Crippen LogP contribution is 2.32. The number of aromatic amines is 1. The summed E-state index contributed by atoms with van der Waals surface area (Å²) in [6.45, 7) is 8.36. The molecule has 0 bridgehead atoms. The number of rotatable bonds is 2. The average molecular weight is 407 g/mol. The normalized spacial score (nSPS) is 11.8. The Morgan fingerprint density at radius 3 is 2.61 bits per heavy atom. The zero-order valence-electron chi connectivity index (χ0n) is 17.8. The van der Waals surface area contributed by atoms with Gasteiger partial charge in [-0.1, -0.05) is 6.07 Å². The van der Waals surface area contributed by atoms with E-state index in [1.54, 1.807) is 12.4 Å². The van der Waals surface area contributed by atoms with E-state index in [2.05, 4.69) is 63.5 Å². The maximum Gasteiger partial charge on any atom is 0.156 e. The molecule has 0 saturated carbocycles. The lowest BCUT2D eigenvalue weighted by Gasteiger charge is -2.21. The number of benzene rings is 1. The van der Waals surface area contributed by atoms with Gasteiger partial charge in [0.1, 0.15) is 17.3 Å². The third-order valence-corrected chi connectivity index (χ3v) is 5.44. The molecule has 7 heteroatoms. The molecule has 31 heavy (non-hydrogen) atoms. The molecule has 1 N–H and O–H groups in total. The molecule has 5 aromatic rings. The first-order valence-electron chi connectivity index (χ1n) is 10.0. The van der Waals surface area contributed by atoms with E-state index < -0.39 is 0 Å². The lowest BCUT2D eigenvalue weighted by Crippen LogP contribution is -2.20. The molecule has 0 fully saturated rings. The number of fused-ring (bicyclic) bond motifs is 2. The first kappa shape index (κ1) is 18.9. The molecule has 0 aliphatic rings. The van der Waals surface area contributed by atoms with E-state index in [9.17, 15) is 0 Å². The van der Waals surface area contributed by atoms with Crippen molar-refractivity contribution in [1.29, 1.82) is 5.26 Å². The number of nitrogens with one attached hydrogen (secondary N) is 1. The Kier molecular flexibility index (Phi) is 4.12. The zero-order chi connectivity index (χ0) is 21.8. The molecule has 0 amide bonds. The lowest BCUT2D eigenvalue weighted by molar-refractivity contribution is 0.408. The third-order valence-electron chi connectivity index (χ3n) is 5.44. The van der Waals surface area contributed by atoms with Gasteiger partial charge >= 0.3 is 0 Å². The second-order valence-electron chi connectivity index (χ2n) is 8.64. The van der Waals surface area contributed by atoms with E-state index in [0.29, 0.717) is 11.4 Å². The summed E-state index contributed by atoms with van der Waals surface area (Å²) in [7, 11) is 0. The van der Waals surface area contributed by atoms with Crippen LogP contribution < -0.4 is 0 Å². The maximum absolute atomic E-state index is 9.13. The van der Waals surface area contributed by atoms with Gasteiger partial charge in [-0.3, -0.25) is 0 Å². The molecule has 0 radical (unpaired) electrons. The Morgan fingerprint density at radius 1 is 1.03 bits per heavy atom. The van der Waals surface area contributed by atoms with Gasteiger partial charge in [-0.25, -0.2) is 19.9 Å². The standard InChI is InChI=1S/C24H21N7/c1-14-7-16(10-26-19(14)9-25)20-12-28-23-22(30-20)17(11-27-23)15-5-6-18-21(8-15)31(13-29-18)24(2,3)4/h5-8,10-13H,1-4H3,(H,27,28). The molecule has 0 atom stereocenters. The molecule has 0 spiro atoms. The van der Waals surface area contributed by atoms with Crippen molar-refractivity contribution in [3.63, 3.8) is 0 Å². The number of hydrogen-bond acceptors (Lipinski definition) is 5. The highest BCUT2D eigenvalue weighted by atomic mass is 15.1. The minimum Gasteiger partial charge on any atom is -0.344 e. The van der Waals surface area contributed by atoms with Crippen molar-refractivity contribution >= 4 is 22.2 Å². The highest BCUT2D eigenvalue weighted by molar-refractivity contribution is 5.94. The third kappa shape index (κ3) is 3.13. The Hall–Kier alpha value is -4.05. The van der Waals surface area contributed by atoms with Crippen molar-refractivity contribution in [3.05, 3.63) is 60.4 Å². The lowest BCUT2D eigenvalue weighted by atomic mass is 10.1. The molecule has 7 nitrogen and oxygen atoms in total. The minimum atomic E-state index is -0.0684. The Balaban J connectivity index is 1.65. The molecule has 0 aliphatic carbocycles. The van der Waals surface area contributed by atoms with E-state index in [1.807, 2.05) is 31.6 Å². The Morgan fingerprint density at radius 2 is 1.87 bits per heavy atom. The van der Waals surface area contributed by atoms with Crippen LogP contribution in [0.3, 0.4) is 0 Å². The number of aromatic nitrogens is 6. The fourth-order valence-electron chi connectivity index (χ4n) is 3.79. The number of nitrogens with zero attached hydrogens (tertiary/aromatic N) is 6. The smallest absolute Gasteiger partial charge is 0.156 e. The first-order valence-corrected chi connectivity index (χ1v) is 10.0. The van der Waals surface area contributed by atoms with Gasteiger partial charge in [-0.05, 0) is 57.0 Å². The van der Waals surface area contributed by atoms with Crippen molar-refractivity contribution in [2.75, 3.05) is 0 Å². The van der Waals surface area contributed by atoms with E-state index in [1.165, 1.54) is 0 Å². The van der Waals surface area contributed by atoms with Crippen LogP contribution in [0.4, 0.5) is 0 Å². The predicted octanol–water partition coefficient (Wildman–Crippen LogP) is 4.97. The quantitative estimate of drug-likeness (QED) is 0.446. The largest absolute Gasteiger partial charge is 0.344 e. The van der Waals surface area contributed by atoms with Crippen molar-refractivity contribution in [2.24, 2.45) is 0 Å². The van der Waals surface area contributed by atoms with Crippen LogP contribution in [0.15, 0.2) is 49.2 Å². The molecule has 0 unspecified atom stereocenters. The maximum atomic E-state index is 9.13. The van der Waals surface area contributed by atoms with Crippen molar-refractivity contribution in [2.45, 2.75) is 33.2 Å². The van der Waals surface area contributed by atoms with E-state index >= 15 is 0 Å². The SMILES string of the molecule is Cc1cc(-c2cnc3[nH]cc(-c4ccc5ncn(C(C)(C)C)c5c4)c3n2)cnc1C#N. The van der Waals surface area contributed by atoms with Crippen LogP contribution in [-0.2, 0) is 5.54 Å². The van der Waals surface area contributed by atoms with Gasteiger partial charge < -0.3 is 9.55 Å². The fraction of sp³-hybridized carbons (Fsp3) is 0.208. The average Bonchev–Trinajstić information content (AvgIpc) is 3.36. The topological polar surface area (TPSA) is 96.1 Å². The Labute approximate surface area is 179 Å². The zero-order valence-corrected chi connectivity index (χ0v) is 17.8. The summed E-state index contributed by atoms with van der Waals surface area (Å²) in [5.41, 5.74) is 8.30. The summed E-state index contributed by atoms with van der Waals surface area (Å²) in [6, 6.07) is 10.3. The van der Waals surface area contributed by atoms with Gasteiger partial charge in [0.15, 0.2) is 5.65 Å². The minimum absolute atomic E-state index is 0.0684. The fourth-order valence-corrected chi connectivity index (χ4v) is 3.79. The second-order valence-corrected chi connectivity index (χ2v) is 8.64. The number of imidazole rings is 1. The molecule has 4 aromatic heterocycles. The van der Waals surface area contributed by atoms with Crippen molar-refractivity contribution < 1.29 is 0 Å². The van der Waals surface area contributed by atoms with Gasteiger partial charge in [0.05, 0.1) is 29.3 Å². The van der Waals surface area contributed by atoms with Gasteiger partial charge in [0, 0.05) is 29.1 Å². The summed E-state index contributed by atoms with van der Waals surface area (Å²) < 4.78 is 2.18. The van der Waals surface area contributed by atoms with Crippen molar-refractivity contribution in [3.8, 4) is 28.5 Å². The summed E-state index contributed by atoms with van der Waals surface area (Å²) in [5.74, 6) is 0. The Bertz CT molecular complexity index is 1490. The van der Waals surface area contributed by atoms with Crippen LogP contribution >= 0.6 is 0 Å². The van der Waals surface area contributed by atoms with Crippen LogP contribution in [0.1, 0.15) is 32.0 Å². The van der Waals surface area contributed by atoms with Crippen LogP contribution in [-0.4, -0.2) is 29.5 Å². The predicted molar refractivity (Wildman–Crippen MR) is 120 cm³/mol. The van der Waals surface area contributed by atoms with Crippen molar-refractivity contribution in [1.82, 2.24) is 29.5 Å². The molecule has 0 saturated heterocycles. The number of nitriles is 1. The number of pyridine rings is 1. The monoisotopic (exact) mass is 407 g/mol. The molecule has 0 aliphatic heterocycles. The summed E-state index contributed by atoms with van der Waals surface area (Å²) in [5, 5.41) is 9.13. The summed E-state index contributed by atoms with van der Waals surface area (Å²) >= 11 is 0. The van der Waals surface area contributed by atoms with E-state index in [0.717, 1.165) is 44.5 Å². The molecular formula is C24H21N7. The van der Waals surface area contributed by atoms with Gasteiger partial charge in [0.25, 0.3) is 0 Å². The second kappa shape index (κ2) is 6.74. The van der Waals surface area contributed by atoms with Crippen LogP contribution in [0.25, 0.3) is 44.6 Å². The van der Waals surface area contributed by atoms with E-state index in [-0.39, 0.29) is 5.54 Å². The van der Waals surface area contributed by atoms with Gasteiger partial charge in [-0.2, -0.15) is 5.26 Å². The van der Waals surface area contributed by atoms with Crippen LogP contribution in [0.2, 0.25) is 0 Å². The molecule has 1 aromatic carbocycles. The van der Waals surface area contributed by atoms with Gasteiger partial charge in [0.2, 0.25) is 0 Å². The molecule has 152 valence electrons.